The Hall–Kier alpha value is -1.92. The Kier molecular flexibility index (Phi) is 6.44. The molecule has 1 amide bonds. The van der Waals surface area contributed by atoms with Crippen LogP contribution in [-0.2, 0) is 11.3 Å². The number of hydrogen-bond donors (Lipinski definition) is 1. The summed E-state index contributed by atoms with van der Waals surface area (Å²) in [6.45, 7) is 7.34. The molecule has 30 heavy (non-hydrogen) atoms. The summed E-state index contributed by atoms with van der Waals surface area (Å²) in [4.78, 5) is 19.8. The molecule has 0 spiro atoms. The standard InChI is InChI=1S/C24H33N3O2S/c1-24(2,3)29-23(28)27-19(13-18-11-7-8-12-21(18)27)14-25-15-22-26-20(16-30-22)17-9-5-4-6-10-17/h4-6,9-10,16,18-19,21,25H,7-8,11-15H2,1-3H3/t18?,19-,21?/m0/s1. The number of aromatic nitrogens is 1. The van der Waals surface area contributed by atoms with Gasteiger partial charge in [0, 0.05) is 36.1 Å². The molecule has 4 rings (SSSR count). The number of nitrogens with zero attached hydrogens (tertiary/aromatic N) is 2. The van der Waals surface area contributed by atoms with E-state index in [-0.39, 0.29) is 12.1 Å². The van der Waals surface area contributed by atoms with E-state index in [1.54, 1.807) is 11.3 Å². The lowest BCUT2D eigenvalue weighted by Gasteiger charge is -2.35. The molecule has 5 nitrogen and oxygen atoms in total. The maximum absolute atomic E-state index is 13.0. The normalized spacial score (nSPS) is 24.0. The number of rotatable bonds is 5. The number of ether oxygens (including phenoxy) is 1. The van der Waals surface area contributed by atoms with Gasteiger partial charge in [-0.1, -0.05) is 43.2 Å². The summed E-state index contributed by atoms with van der Waals surface area (Å²) in [6, 6.07) is 10.8. The highest BCUT2D eigenvalue weighted by Crippen LogP contribution is 2.40. The minimum atomic E-state index is -0.462. The smallest absolute Gasteiger partial charge is 0.410 e. The van der Waals surface area contributed by atoms with Crippen LogP contribution in [-0.4, -0.2) is 40.2 Å². The van der Waals surface area contributed by atoms with Crippen LogP contribution in [0.2, 0.25) is 0 Å². The van der Waals surface area contributed by atoms with Crippen LogP contribution < -0.4 is 5.32 Å². The number of nitrogens with one attached hydrogen (secondary N) is 1. The van der Waals surface area contributed by atoms with Crippen molar-refractivity contribution in [3.63, 3.8) is 0 Å². The van der Waals surface area contributed by atoms with Crippen molar-refractivity contribution in [3.05, 3.63) is 40.7 Å². The molecule has 2 fully saturated rings. The lowest BCUT2D eigenvalue weighted by Crippen LogP contribution is -2.48. The van der Waals surface area contributed by atoms with Crippen molar-refractivity contribution in [1.29, 1.82) is 0 Å². The van der Waals surface area contributed by atoms with Crippen LogP contribution >= 0.6 is 11.3 Å². The average Bonchev–Trinajstić information content (AvgIpc) is 3.32. The monoisotopic (exact) mass is 427 g/mol. The zero-order chi connectivity index (χ0) is 21.1. The van der Waals surface area contributed by atoms with Gasteiger partial charge in [-0.15, -0.1) is 11.3 Å². The summed E-state index contributed by atoms with van der Waals surface area (Å²) in [5, 5.41) is 6.76. The van der Waals surface area contributed by atoms with Crippen molar-refractivity contribution in [2.75, 3.05) is 6.54 Å². The van der Waals surface area contributed by atoms with Gasteiger partial charge in [0.1, 0.15) is 10.6 Å². The summed E-state index contributed by atoms with van der Waals surface area (Å²) < 4.78 is 5.77. The van der Waals surface area contributed by atoms with Gasteiger partial charge in [0.05, 0.1) is 5.69 Å². The molecule has 2 aromatic rings. The van der Waals surface area contributed by atoms with Gasteiger partial charge in [-0.25, -0.2) is 9.78 Å². The molecule has 1 N–H and O–H groups in total. The Morgan fingerprint density at radius 2 is 2.00 bits per heavy atom. The quantitative estimate of drug-likeness (QED) is 0.688. The van der Waals surface area contributed by atoms with Crippen LogP contribution in [0.4, 0.5) is 4.79 Å². The van der Waals surface area contributed by atoms with E-state index < -0.39 is 5.60 Å². The zero-order valence-electron chi connectivity index (χ0n) is 18.3. The molecule has 2 aliphatic rings. The minimum Gasteiger partial charge on any atom is -0.444 e. The van der Waals surface area contributed by atoms with Crippen molar-refractivity contribution < 1.29 is 9.53 Å². The second kappa shape index (κ2) is 9.06. The molecule has 3 atom stereocenters. The first-order valence-corrected chi connectivity index (χ1v) is 12.0. The SMILES string of the molecule is CC(C)(C)OC(=O)N1C2CCCCC2C[C@H]1CNCc1nc(-c2ccccc2)cs1. The maximum Gasteiger partial charge on any atom is 0.410 e. The van der Waals surface area contributed by atoms with Gasteiger partial charge in [0.15, 0.2) is 0 Å². The molecular formula is C24H33N3O2S. The second-order valence-corrected chi connectivity index (χ2v) is 10.5. The van der Waals surface area contributed by atoms with Crippen molar-refractivity contribution in [1.82, 2.24) is 15.2 Å². The lowest BCUT2D eigenvalue weighted by atomic mass is 9.85. The van der Waals surface area contributed by atoms with E-state index in [1.807, 2.05) is 39.0 Å². The van der Waals surface area contributed by atoms with E-state index in [4.69, 9.17) is 9.72 Å². The molecule has 2 unspecified atom stereocenters. The third-order valence-corrected chi connectivity index (χ3v) is 6.93. The second-order valence-electron chi connectivity index (χ2n) is 9.51. The first-order chi connectivity index (χ1) is 14.4. The predicted octanol–water partition coefficient (Wildman–Crippen LogP) is 5.47. The number of amides is 1. The molecule has 1 aromatic heterocycles. The number of carbonyl (C=O) groups is 1. The number of thiazole rings is 1. The topological polar surface area (TPSA) is 54.5 Å². The van der Waals surface area contributed by atoms with Gasteiger partial charge >= 0.3 is 6.09 Å². The van der Waals surface area contributed by atoms with Crippen LogP contribution in [0.25, 0.3) is 11.3 Å². The molecule has 1 aliphatic carbocycles. The van der Waals surface area contributed by atoms with Crippen LogP contribution in [0.3, 0.4) is 0 Å². The summed E-state index contributed by atoms with van der Waals surface area (Å²) in [5.74, 6) is 0.614. The highest BCUT2D eigenvalue weighted by Gasteiger charge is 2.45. The minimum absolute atomic E-state index is 0.149. The predicted molar refractivity (Wildman–Crippen MR) is 121 cm³/mol. The molecule has 1 saturated heterocycles. The average molecular weight is 428 g/mol. The Morgan fingerprint density at radius 3 is 2.77 bits per heavy atom. The Balaban J connectivity index is 1.37. The number of fused-ring (bicyclic) bond motifs is 1. The summed E-state index contributed by atoms with van der Waals surface area (Å²) in [7, 11) is 0. The van der Waals surface area contributed by atoms with E-state index in [2.05, 4.69) is 27.7 Å². The first kappa shape index (κ1) is 21.3. The number of likely N-dealkylation sites (tertiary alicyclic amines) is 1. The molecule has 1 aromatic carbocycles. The third-order valence-electron chi connectivity index (χ3n) is 6.08. The van der Waals surface area contributed by atoms with E-state index in [1.165, 1.54) is 19.3 Å². The largest absolute Gasteiger partial charge is 0.444 e. The molecule has 162 valence electrons. The van der Waals surface area contributed by atoms with Gasteiger partial charge in [-0.05, 0) is 46.0 Å². The fourth-order valence-electron chi connectivity index (χ4n) is 4.82. The van der Waals surface area contributed by atoms with Crippen LogP contribution in [0.5, 0.6) is 0 Å². The first-order valence-electron chi connectivity index (χ1n) is 11.1. The van der Waals surface area contributed by atoms with Crippen molar-refractivity contribution in [3.8, 4) is 11.3 Å². The molecule has 2 heterocycles. The van der Waals surface area contributed by atoms with E-state index in [9.17, 15) is 4.79 Å². The molecule has 1 saturated carbocycles. The fraction of sp³-hybridized carbons (Fsp3) is 0.583. The van der Waals surface area contributed by atoms with Gasteiger partial charge in [-0.3, -0.25) is 0 Å². The Morgan fingerprint density at radius 1 is 1.23 bits per heavy atom. The molecule has 0 bridgehead atoms. The lowest BCUT2D eigenvalue weighted by molar-refractivity contribution is 0.0104. The Labute approximate surface area is 183 Å². The molecular weight excluding hydrogens is 394 g/mol. The Bertz CT molecular complexity index is 846. The molecule has 1 aliphatic heterocycles. The zero-order valence-corrected chi connectivity index (χ0v) is 19.1. The van der Waals surface area contributed by atoms with Gasteiger partial charge in [0.2, 0.25) is 0 Å². The van der Waals surface area contributed by atoms with E-state index >= 15 is 0 Å². The fourth-order valence-corrected chi connectivity index (χ4v) is 5.60. The molecule has 6 heteroatoms. The van der Waals surface area contributed by atoms with Crippen molar-refractivity contribution >= 4 is 17.4 Å². The number of carbonyl (C=O) groups excluding carboxylic acids is 1. The third kappa shape index (κ3) is 5.03. The van der Waals surface area contributed by atoms with Gasteiger partial charge in [0.25, 0.3) is 0 Å². The highest BCUT2D eigenvalue weighted by molar-refractivity contribution is 7.09. The summed E-state index contributed by atoms with van der Waals surface area (Å²) in [5.41, 5.74) is 1.71. The maximum atomic E-state index is 13.0. The number of benzene rings is 1. The number of hydrogen-bond acceptors (Lipinski definition) is 5. The van der Waals surface area contributed by atoms with Gasteiger partial charge < -0.3 is 15.0 Å². The summed E-state index contributed by atoms with van der Waals surface area (Å²) >= 11 is 1.68. The highest BCUT2D eigenvalue weighted by atomic mass is 32.1. The van der Waals surface area contributed by atoms with Crippen molar-refractivity contribution in [2.45, 2.75) is 77.1 Å². The van der Waals surface area contributed by atoms with E-state index in [0.29, 0.717) is 12.0 Å². The summed E-state index contributed by atoms with van der Waals surface area (Å²) in [6.07, 6.45) is 5.75. The van der Waals surface area contributed by atoms with Crippen LogP contribution in [0.15, 0.2) is 35.7 Å². The van der Waals surface area contributed by atoms with Crippen LogP contribution in [0.1, 0.15) is 57.9 Å². The van der Waals surface area contributed by atoms with Gasteiger partial charge in [-0.2, -0.15) is 0 Å². The van der Waals surface area contributed by atoms with Crippen molar-refractivity contribution in [2.24, 2.45) is 5.92 Å². The van der Waals surface area contributed by atoms with E-state index in [0.717, 1.165) is 42.2 Å². The molecule has 0 radical (unpaired) electrons. The van der Waals surface area contributed by atoms with Crippen LogP contribution in [0, 0.1) is 5.92 Å².